The Hall–Kier alpha value is -2.32. The molecule has 0 aliphatic heterocycles. The van der Waals surface area contributed by atoms with Gasteiger partial charge in [0.1, 0.15) is 0 Å². The molecule has 0 aliphatic rings. The fourth-order valence-electron chi connectivity index (χ4n) is 3.19. The van der Waals surface area contributed by atoms with E-state index in [9.17, 15) is 0 Å². The quantitative estimate of drug-likeness (QED) is 0.488. The van der Waals surface area contributed by atoms with Crippen LogP contribution in [0.25, 0.3) is 11.1 Å². The molecule has 3 aromatic carbocycles. The highest BCUT2D eigenvalue weighted by molar-refractivity contribution is 6.88. The number of hydrogen-bond acceptors (Lipinski definition) is 1. The number of hydrogen-bond donors (Lipinski definition) is 1. The summed E-state index contributed by atoms with van der Waals surface area (Å²) in [6, 6.07) is 26.4. The van der Waals surface area contributed by atoms with Crippen LogP contribution in [0.3, 0.4) is 0 Å². The van der Waals surface area contributed by atoms with Crippen molar-refractivity contribution in [1.29, 1.82) is 0 Å². The van der Waals surface area contributed by atoms with Crippen molar-refractivity contribution < 1.29 is 0 Å². The van der Waals surface area contributed by atoms with Crippen LogP contribution in [-0.2, 0) is 5.41 Å². The zero-order valence-electron chi connectivity index (χ0n) is 17.4. The van der Waals surface area contributed by atoms with Crippen LogP contribution < -0.4 is 10.5 Å². The number of anilines is 2. The lowest BCUT2D eigenvalue weighted by molar-refractivity contribution is 0.590. The van der Waals surface area contributed by atoms with E-state index in [2.05, 4.69) is 119 Å². The van der Waals surface area contributed by atoms with Crippen LogP contribution in [0.5, 0.6) is 0 Å². The van der Waals surface area contributed by atoms with Gasteiger partial charge in [-0.1, -0.05) is 94.1 Å². The molecule has 0 unspecified atom stereocenters. The first kappa shape index (κ1) is 19.4. The maximum Gasteiger partial charge on any atom is 0.0775 e. The molecule has 3 aromatic rings. The van der Waals surface area contributed by atoms with Crippen molar-refractivity contribution in [2.75, 3.05) is 5.32 Å². The van der Waals surface area contributed by atoms with Crippen molar-refractivity contribution in [1.82, 2.24) is 0 Å². The van der Waals surface area contributed by atoms with E-state index in [0.29, 0.717) is 0 Å². The van der Waals surface area contributed by atoms with Gasteiger partial charge >= 0.3 is 0 Å². The van der Waals surface area contributed by atoms with Crippen molar-refractivity contribution >= 4 is 24.6 Å². The summed E-state index contributed by atoms with van der Waals surface area (Å²) in [6.45, 7) is 13.9. The molecule has 0 aromatic heterocycles. The van der Waals surface area contributed by atoms with Gasteiger partial charge in [0, 0.05) is 16.9 Å². The molecule has 0 bridgehead atoms. The first-order valence-electron chi connectivity index (χ1n) is 9.72. The van der Waals surface area contributed by atoms with Crippen LogP contribution in [0.15, 0.2) is 72.8 Å². The van der Waals surface area contributed by atoms with E-state index in [0.717, 1.165) is 11.4 Å². The summed E-state index contributed by atoms with van der Waals surface area (Å²) >= 11 is 0. The second kappa shape index (κ2) is 7.36. The van der Waals surface area contributed by atoms with E-state index in [1.54, 1.807) is 0 Å². The maximum atomic E-state index is 3.64. The molecule has 1 N–H and O–H groups in total. The number of benzene rings is 3. The predicted octanol–water partition coefficient (Wildman–Crippen LogP) is 6.94. The molecular weight excluding hydrogens is 342 g/mol. The molecule has 0 atom stereocenters. The SMILES string of the molecule is CC(C)(C)c1ccc(Nc2ccc([Si](C)(C)C)cc2)c(-c2ccccc2)c1. The van der Waals surface area contributed by atoms with Crippen LogP contribution in [0.2, 0.25) is 19.6 Å². The minimum absolute atomic E-state index is 0.126. The molecule has 140 valence electrons. The van der Waals surface area contributed by atoms with Crippen molar-refractivity contribution in [3.63, 3.8) is 0 Å². The predicted molar refractivity (Wildman–Crippen MR) is 123 cm³/mol. The van der Waals surface area contributed by atoms with Crippen molar-refractivity contribution in [3.05, 3.63) is 78.4 Å². The first-order valence-corrected chi connectivity index (χ1v) is 13.2. The molecule has 0 radical (unpaired) electrons. The average molecular weight is 374 g/mol. The smallest absolute Gasteiger partial charge is 0.0775 e. The van der Waals surface area contributed by atoms with Crippen molar-refractivity contribution in [2.24, 2.45) is 0 Å². The topological polar surface area (TPSA) is 12.0 Å². The third kappa shape index (κ3) is 4.70. The highest BCUT2D eigenvalue weighted by Crippen LogP contribution is 2.34. The molecule has 0 saturated carbocycles. The van der Waals surface area contributed by atoms with Gasteiger partial charge in [-0.2, -0.15) is 0 Å². The molecule has 0 fully saturated rings. The summed E-state index contributed by atoms with van der Waals surface area (Å²) in [4.78, 5) is 0. The lowest BCUT2D eigenvalue weighted by Crippen LogP contribution is -2.37. The largest absolute Gasteiger partial charge is 0.355 e. The molecule has 3 rings (SSSR count). The third-order valence-corrected chi connectivity index (χ3v) is 7.07. The standard InChI is InChI=1S/C25H31NSi/c1-25(2,3)20-12-17-24(23(18-20)19-10-8-7-9-11-19)26-21-13-15-22(16-14-21)27(4,5)6/h7-18,26H,1-6H3. The Balaban J connectivity index is 2.00. The van der Waals surface area contributed by atoms with Crippen LogP contribution in [0.4, 0.5) is 11.4 Å². The van der Waals surface area contributed by atoms with Gasteiger partial charge in [0.2, 0.25) is 0 Å². The van der Waals surface area contributed by atoms with E-state index in [4.69, 9.17) is 0 Å². The first-order chi connectivity index (χ1) is 12.6. The lowest BCUT2D eigenvalue weighted by Gasteiger charge is -2.22. The summed E-state index contributed by atoms with van der Waals surface area (Å²) in [6.07, 6.45) is 0. The van der Waals surface area contributed by atoms with Gasteiger partial charge < -0.3 is 5.32 Å². The molecule has 0 amide bonds. The Morgan fingerprint density at radius 2 is 1.37 bits per heavy atom. The molecule has 0 aliphatic carbocycles. The van der Waals surface area contributed by atoms with E-state index < -0.39 is 8.07 Å². The van der Waals surface area contributed by atoms with Gasteiger partial charge in [-0.25, -0.2) is 0 Å². The summed E-state index contributed by atoms with van der Waals surface area (Å²) in [5.41, 5.74) is 6.25. The Kier molecular flexibility index (Phi) is 5.30. The zero-order chi connectivity index (χ0) is 19.7. The number of rotatable bonds is 4. The number of nitrogens with one attached hydrogen (secondary N) is 1. The van der Waals surface area contributed by atoms with Gasteiger partial charge in [-0.3, -0.25) is 0 Å². The Bertz CT molecular complexity index is 898. The molecule has 0 saturated heterocycles. The molecule has 27 heavy (non-hydrogen) atoms. The van der Waals surface area contributed by atoms with E-state index in [-0.39, 0.29) is 5.41 Å². The van der Waals surface area contributed by atoms with Gasteiger partial charge in [0.25, 0.3) is 0 Å². The van der Waals surface area contributed by atoms with Crippen molar-refractivity contribution in [3.8, 4) is 11.1 Å². The van der Waals surface area contributed by atoms with E-state index >= 15 is 0 Å². The van der Waals surface area contributed by atoms with Crippen LogP contribution in [-0.4, -0.2) is 8.07 Å². The Morgan fingerprint density at radius 3 is 1.93 bits per heavy atom. The minimum atomic E-state index is -1.27. The Morgan fingerprint density at radius 1 is 0.741 bits per heavy atom. The summed E-state index contributed by atoms with van der Waals surface area (Å²) in [7, 11) is -1.27. The second-order valence-electron chi connectivity index (χ2n) is 9.33. The van der Waals surface area contributed by atoms with E-state index in [1.807, 2.05) is 0 Å². The van der Waals surface area contributed by atoms with E-state index in [1.165, 1.54) is 21.9 Å². The fraction of sp³-hybridized carbons (Fsp3) is 0.280. The van der Waals surface area contributed by atoms with Crippen molar-refractivity contribution in [2.45, 2.75) is 45.8 Å². The maximum absolute atomic E-state index is 3.64. The monoisotopic (exact) mass is 373 g/mol. The summed E-state index contributed by atoms with van der Waals surface area (Å²) in [5.74, 6) is 0. The van der Waals surface area contributed by atoms with Gasteiger partial charge in [-0.15, -0.1) is 0 Å². The third-order valence-electron chi connectivity index (χ3n) is 5.00. The van der Waals surface area contributed by atoms with Crippen LogP contribution >= 0.6 is 0 Å². The normalized spacial score (nSPS) is 12.1. The molecule has 2 heteroatoms. The lowest BCUT2D eigenvalue weighted by atomic mass is 9.85. The Labute approximate surface area is 165 Å². The highest BCUT2D eigenvalue weighted by Gasteiger charge is 2.17. The average Bonchev–Trinajstić information content (AvgIpc) is 2.61. The molecule has 0 heterocycles. The minimum Gasteiger partial charge on any atom is -0.355 e. The second-order valence-corrected chi connectivity index (χ2v) is 14.4. The summed E-state index contributed by atoms with van der Waals surface area (Å²) in [5, 5.41) is 5.13. The van der Waals surface area contributed by atoms with Crippen LogP contribution in [0, 0.1) is 0 Å². The highest BCUT2D eigenvalue weighted by atomic mass is 28.3. The zero-order valence-corrected chi connectivity index (χ0v) is 18.4. The summed E-state index contributed by atoms with van der Waals surface area (Å²) < 4.78 is 0. The fourth-order valence-corrected chi connectivity index (χ4v) is 4.35. The van der Waals surface area contributed by atoms with Gasteiger partial charge in [0.05, 0.1) is 8.07 Å². The van der Waals surface area contributed by atoms with Crippen LogP contribution in [0.1, 0.15) is 26.3 Å². The molecule has 0 spiro atoms. The van der Waals surface area contributed by atoms with Gasteiger partial charge in [-0.05, 0) is 40.8 Å². The molecule has 1 nitrogen and oxygen atoms in total. The van der Waals surface area contributed by atoms with Gasteiger partial charge in [0.15, 0.2) is 0 Å². The molecular formula is C25H31NSi.